The minimum Gasteiger partial charge on any atom is -0.391 e. The van der Waals surface area contributed by atoms with Crippen molar-refractivity contribution in [3.63, 3.8) is 0 Å². The summed E-state index contributed by atoms with van der Waals surface area (Å²) in [4.78, 5) is 0. The zero-order valence-corrected chi connectivity index (χ0v) is 15.5. The first-order valence-electron chi connectivity index (χ1n) is 8.58. The second-order valence-electron chi connectivity index (χ2n) is 5.70. The van der Waals surface area contributed by atoms with Crippen molar-refractivity contribution in [1.82, 2.24) is 0 Å². The molecular formula is C20H25O4P. The van der Waals surface area contributed by atoms with Crippen LogP contribution in [0.1, 0.15) is 39.0 Å². The highest BCUT2D eigenvalue weighted by Crippen LogP contribution is 2.51. The van der Waals surface area contributed by atoms with Gasteiger partial charge >= 0.3 is 7.82 Å². The zero-order valence-electron chi connectivity index (χ0n) is 14.6. The van der Waals surface area contributed by atoms with Gasteiger partial charge in [0.2, 0.25) is 0 Å². The molecule has 0 atom stereocenters. The van der Waals surface area contributed by atoms with Gasteiger partial charge < -0.3 is 13.6 Å². The lowest BCUT2D eigenvalue weighted by Gasteiger charge is -2.20. The van der Waals surface area contributed by atoms with Crippen molar-refractivity contribution in [3.05, 3.63) is 73.0 Å². The van der Waals surface area contributed by atoms with Crippen LogP contribution in [0.4, 0.5) is 0 Å². The van der Waals surface area contributed by atoms with E-state index in [1.807, 2.05) is 12.1 Å². The summed E-state index contributed by atoms with van der Waals surface area (Å²) < 4.78 is 29.8. The fourth-order valence-electron chi connectivity index (χ4n) is 2.23. The quantitative estimate of drug-likeness (QED) is 0.252. The van der Waals surface area contributed by atoms with E-state index in [2.05, 4.69) is 13.5 Å². The van der Waals surface area contributed by atoms with Gasteiger partial charge in [-0.25, -0.2) is 0 Å². The molecule has 2 rings (SSSR count). The number of allylic oxidation sites excluding steroid dienone is 1. The van der Waals surface area contributed by atoms with Crippen LogP contribution in [0.5, 0.6) is 11.5 Å². The number of unbranched alkanes of at least 4 members (excludes halogenated alkanes) is 3. The molecule has 134 valence electrons. The predicted molar refractivity (Wildman–Crippen MR) is 101 cm³/mol. The Bertz CT molecular complexity index is 640. The van der Waals surface area contributed by atoms with E-state index in [0.29, 0.717) is 23.7 Å². The number of rotatable bonds is 11. The van der Waals surface area contributed by atoms with E-state index < -0.39 is 7.82 Å². The Labute approximate surface area is 150 Å². The number of hydrogen-bond acceptors (Lipinski definition) is 4. The second kappa shape index (κ2) is 9.95. The van der Waals surface area contributed by atoms with Crippen LogP contribution in [0.25, 0.3) is 0 Å². The summed E-state index contributed by atoms with van der Waals surface area (Å²) in [6.07, 6.45) is 4.96. The highest BCUT2D eigenvalue weighted by atomic mass is 31.2. The Hall–Kier alpha value is -2.19. The van der Waals surface area contributed by atoms with Gasteiger partial charge in [0, 0.05) is 6.42 Å². The maximum absolute atomic E-state index is 13.1. The standard InChI is InChI=1S/C20H25O4P/c1-3-4-5-8-13-18(2)22-25(21,23-19-14-9-6-10-15-19)24-20-16-11-7-12-17-20/h6-7,9-12,14-17H,2-5,8,13H2,1H3. The van der Waals surface area contributed by atoms with Crippen molar-refractivity contribution >= 4 is 7.82 Å². The topological polar surface area (TPSA) is 44.8 Å². The molecule has 0 N–H and O–H groups in total. The molecule has 0 radical (unpaired) electrons. The third kappa shape index (κ3) is 7.06. The number of phosphoric ester groups is 1. The number of benzene rings is 2. The van der Waals surface area contributed by atoms with Gasteiger partial charge in [-0.3, -0.25) is 0 Å². The first-order valence-corrected chi connectivity index (χ1v) is 10.0. The molecule has 0 unspecified atom stereocenters. The molecule has 0 aromatic heterocycles. The van der Waals surface area contributed by atoms with E-state index >= 15 is 0 Å². The number of para-hydroxylation sites is 2. The van der Waals surface area contributed by atoms with Crippen molar-refractivity contribution < 1.29 is 18.1 Å². The highest BCUT2D eigenvalue weighted by Gasteiger charge is 2.33. The van der Waals surface area contributed by atoms with Gasteiger partial charge in [0.1, 0.15) is 17.3 Å². The largest absolute Gasteiger partial charge is 0.646 e. The van der Waals surface area contributed by atoms with E-state index in [1.54, 1.807) is 48.5 Å². The lowest BCUT2D eigenvalue weighted by atomic mass is 10.1. The molecule has 0 aliphatic heterocycles. The Balaban J connectivity index is 2.06. The van der Waals surface area contributed by atoms with Crippen molar-refractivity contribution in [2.75, 3.05) is 0 Å². The second-order valence-corrected chi connectivity index (χ2v) is 7.14. The highest BCUT2D eigenvalue weighted by molar-refractivity contribution is 7.49. The molecule has 5 heteroatoms. The molecule has 0 heterocycles. The average molecular weight is 360 g/mol. The molecule has 4 nitrogen and oxygen atoms in total. The molecule has 0 saturated carbocycles. The number of phosphoric acid groups is 1. The summed E-state index contributed by atoms with van der Waals surface area (Å²) >= 11 is 0. The molecule has 0 fully saturated rings. The van der Waals surface area contributed by atoms with Crippen LogP contribution in [-0.4, -0.2) is 0 Å². The lowest BCUT2D eigenvalue weighted by Crippen LogP contribution is -2.05. The van der Waals surface area contributed by atoms with E-state index in [4.69, 9.17) is 13.6 Å². The maximum atomic E-state index is 13.1. The van der Waals surface area contributed by atoms with E-state index in [1.165, 1.54) is 0 Å². The molecule has 25 heavy (non-hydrogen) atoms. The monoisotopic (exact) mass is 360 g/mol. The Morgan fingerprint density at radius 2 is 1.40 bits per heavy atom. The number of hydrogen-bond donors (Lipinski definition) is 0. The fraction of sp³-hybridized carbons (Fsp3) is 0.300. The summed E-state index contributed by atoms with van der Waals surface area (Å²) in [6, 6.07) is 17.7. The molecule has 0 aliphatic carbocycles. The van der Waals surface area contributed by atoms with Crippen molar-refractivity contribution in [3.8, 4) is 11.5 Å². The molecule has 2 aromatic rings. The third-order valence-corrected chi connectivity index (χ3v) is 4.82. The van der Waals surface area contributed by atoms with Gasteiger partial charge in [0.25, 0.3) is 0 Å². The third-order valence-electron chi connectivity index (χ3n) is 3.47. The molecular weight excluding hydrogens is 335 g/mol. The van der Waals surface area contributed by atoms with Crippen molar-refractivity contribution in [2.24, 2.45) is 0 Å². The minimum atomic E-state index is -3.87. The SMILES string of the molecule is C=C(CCCCCC)OP(=O)(Oc1ccccc1)Oc1ccccc1. The van der Waals surface area contributed by atoms with Gasteiger partial charge in [-0.05, 0) is 30.7 Å². The van der Waals surface area contributed by atoms with Crippen LogP contribution in [-0.2, 0) is 9.09 Å². The maximum Gasteiger partial charge on any atom is 0.646 e. The lowest BCUT2D eigenvalue weighted by molar-refractivity contribution is 0.250. The van der Waals surface area contributed by atoms with Gasteiger partial charge in [0.05, 0.1) is 0 Å². The summed E-state index contributed by atoms with van der Waals surface area (Å²) in [5.74, 6) is 1.24. The van der Waals surface area contributed by atoms with E-state index in [9.17, 15) is 4.57 Å². The molecule has 2 aromatic carbocycles. The first-order chi connectivity index (χ1) is 12.1. The predicted octanol–water partition coefficient (Wildman–Crippen LogP) is 6.75. The van der Waals surface area contributed by atoms with Crippen LogP contribution in [0, 0.1) is 0 Å². The van der Waals surface area contributed by atoms with Crippen LogP contribution in [0.2, 0.25) is 0 Å². The Kier molecular flexibility index (Phi) is 7.62. The van der Waals surface area contributed by atoms with E-state index in [0.717, 1.165) is 25.7 Å². The molecule has 0 bridgehead atoms. The molecule has 0 spiro atoms. The normalized spacial score (nSPS) is 10.9. The van der Waals surface area contributed by atoms with Gasteiger partial charge in [-0.1, -0.05) is 69.2 Å². The summed E-state index contributed by atoms with van der Waals surface area (Å²) in [5, 5.41) is 0. The Morgan fingerprint density at radius 3 is 1.88 bits per heavy atom. The minimum absolute atomic E-state index is 0.409. The van der Waals surface area contributed by atoms with Crippen molar-refractivity contribution in [1.29, 1.82) is 0 Å². The fourth-order valence-corrected chi connectivity index (χ4v) is 3.51. The molecule has 0 aliphatic rings. The van der Waals surface area contributed by atoms with Crippen LogP contribution >= 0.6 is 7.82 Å². The zero-order chi connectivity index (χ0) is 18.0. The van der Waals surface area contributed by atoms with Crippen LogP contribution in [0.15, 0.2) is 73.0 Å². The molecule has 0 amide bonds. The van der Waals surface area contributed by atoms with Crippen LogP contribution in [0.3, 0.4) is 0 Å². The van der Waals surface area contributed by atoms with Crippen LogP contribution < -0.4 is 9.05 Å². The van der Waals surface area contributed by atoms with Gasteiger partial charge in [0.15, 0.2) is 0 Å². The van der Waals surface area contributed by atoms with Gasteiger partial charge in [-0.15, -0.1) is 0 Å². The smallest absolute Gasteiger partial charge is 0.391 e. The first kappa shape index (κ1) is 19.1. The average Bonchev–Trinajstić information content (AvgIpc) is 2.60. The Morgan fingerprint density at radius 1 is 0.880 bits per heavy atom. The van der Waals surface area contributed by atoms with E-state index in [-0.39, 0.29) is 0 Å². The summed E-state index contributed by atoms with van der Waals surface area (Å²) in [5.41, 5.74) is 0. The van der Waals surface area contributed by atoms with Crippen molar-refractivity contribution in [2.45, 2.75) is 39.0 Å². The summed E-state index contributed by atoms with van der Waals surface area (Å²) in [7, 11) is -3.87. The molecule has 0 saturated heterocycles. The summed E-state index contributed by atoms with van der Waals surface area (Å²) in [6.45, 7) is 6.02. The van der Waals surface area contributed by atoms with Gasteiger partial charge in [-0.2, -0.15) is 4.57 Å².